The van der Waals surface area contributed by atoms with Crippen molar-refractivity contribution >= 4 is 17.7 Å². The smallest absolute Gasteiger partial charge is 0.339 e. The van der Waals surface area contributed by atoms with Gasteiger partial charge in [-0.25, -0.2) is 4.79 Å². The number of ether oxygens (including phenoxy) is 4. The molecular formula is C26H28O9. The van der Waals surface area contributed by atoms with E-state index in [0.29, 0.717) is 24.0 Å². The lowest BCUT2D eigenvalue weighted by atomic mass is 9.39. The number of rotatable bonds is 1. The van der Waals surface area contributed by atoms with Crippen molar-refractivity contribution in [1.29, 1.82) is 0 Å². The zero-order valence-corrected chi connectivity index (χ0v) is 20.1. The van der Waals surface area contributed by atoms with Gasteiger partial charge in [0.1, 0.15) is 18.3 Å². The van der Waals surface area contributed by atoms with Crippen LogP contribution in [0.5, 0.6) is 0 Å². The molecule has 9 nitrogen and oxygen atoms in total. The molecule has 2 aliphatic carbocycles. The summed E-state index contributed by atoms with van der Waals surface area (Å²) in [6.07, 6.45) is 2.15. The largest absolute Gasteiger partial charge is 0.504 e. The second-order valence-corrected chi connectivity index (χ2v) is 11.9. The number of fused-ring (bicyclic) bond motifs is 1. The summed E-state index contributed by atoms with van der Waals surface area (Å²) in [7, 11) is 0. The van der Waals surface area contributed by atoms with E-state index in [1.807, 2.05) is 27.7 Å². The molecule has 4 aliphatic heterocycles. The molecule has 2 spiro atoms. The van der Waals surface area contributed by atoms with Gasteiger partial charge in [0.05, 0.1) is 41.5 Å². The third-order valence-electron chi connectivity index (χ3n) is 10.2. The zero-order valence-electron chi connectivity index (χ0n) is 20.1. The van der Waals surface area contributed by atoms with Crippen LogP contribution in [0, 0.1) is 22.2 Å². The zero-order chi connectivity index (χ0) is 24.8. The first kappa shape index (κ1) is 21.6. The fraction of sp³-hybridized carbons (Fsp3) is 0.654. The van der Waals surface area contributed by atoms with Crippen LogP contribution >= 0.6 is 0 Å². The molecule has 4 saturated heterocycles. The van der Waals surface area contributed by atoms with E-state index in [-0.39, 0.29) is 30.7 Å². The summed E-state index contributed by atoms with van der Waals surface area (Å²) in [6.45, 7) is 7.44. The first-order chi connectivity index (χ1) is 16.4. The van der Waals surface area contributed by atoms with Crippen molar-refractivity contribution in [2.45, 2.75) is 76.5 Å². The van der Waals surface area contributed by atoms with E-state index < -0.39 is 57.5 Å². The topological polar surface area (TPSA) is 125 Å². The molecule has 0 bridgehead atoms. The first-order valence-electron chi connectivity index (χ1n) is 12.2. The summed E-state index contributed by atoms with van der Waals surface area (Å²) in [5.74, 6) is -2.07. The molecule has 8 atom stereocenters. The third kappa shape index (κ3) is 2.07. The van der Waals surface area contributed by atoms with Crippen LogP contribution in [0.25, 0.3) is 0 Å². The van der Waals surface area contributed by atoms with Crippen LogP contribution in [0.4, 0.5) is 0 Å². The van der Waals surface area contributed by atoms with E-state index in [1.54, 1.807) is 12.3 Å². The fourth-order valence-electron chi connectivity index (χ4n) is 8.96. The van der Waals surface area contributed by atoms with E-state index in [0.717, 1.165) is 0 Å². The maximum Gasteiger partial charge on any atom is 0.339 e. The SMILES string of the molecule is CC1(C)O[C@H]2CC(=O)OC[C@]23C1=C(O)C(=O)[C@]1(C)[C@H]3CC[C@@]2(C)[C@H](c3ccoc3)OC(=O)[C@H]3O[C@@]321. The Morgan fingerprint density at radius 3 is 2.54 bits per heavy atom. The number of Topliss-reactive ketones (excluding diaryl/α,β-unsaturated/α-hetero) is 1. The van der Waals surface area contributed by atoms with Crippen LogP contribution in [-0.2, 0) is 33.3 Å². The van der Waals surface area contributed by atoms with Crippen molar-refractivity contribution in [3.63, 3.8) is 0 Å². The van der Waals surface area contributed by atoms with Crippen molar-refractivity contribution in [3.8, 4) is 0 Å². The molecule has 0 unspecified atom stereocenters. The quantitative estimate of drug-likeness (QED) is 0.473. The molecule has 0 amide bonds. The molecule has 1 saturated carbocycles. The highest BCUT2D eigenvalue weighted by Crippen LogP contribution is 2.79. The van der Waals surface area contributed by atoms with Crippen molar-refractivity contribution in [2.75, 3.05) is 6.61 Å². The predicted octanol–water partition coefficient (Wildman–Crippen LogP) is 2.94. The second kappa shape index (κ2) is 6.00. The Labute approximate surface area is 201 Å². The van der Waals surface area contributed by atoms with Gasteiger partial charge in [-0.1, -0.05) is 6.92 Å². The number of furan rings is 1. The van der Waals surface area contributed by atoms with Crippen LogP contribution in [-0.4, -0.2) is 52.8 Å². The molecule has 1 N–H and O–H groups in total. The minimum atomic E-state index is -1.27. The number of carbonyl (C=O) groups is 3. The summed E-state index contributed by atoms with van der Waals surface area (Å²) in [5.41, 5.74) is -3.85. The van der Waals surface area contributed by atoms with Gasteiger partial charge in [-0.3, -0.25) is 9.59 Å². The lowest BCUT2D eigenvalue weighted by Crippen LogP contribution is -2.71. The molecule has 1 aromatic rings. The van der Waals surface area contributed by atoms with E-state index in [9.17, 15) is 19.5 Å². The molecule has 0 radical (unpaired) electrons. The Morgan fingerprint density at radius 2 is 1.83 bits per heavy atom. The van der Waals surface area contributed by atoms with Crippen LogP contribution in [0.2, 0.25) is 0 Å². The second-order valence-electron chi connectivity index (χ2n) is 11.9. The number of ketones is 1. The van der Waals surface area contributed by atoms with E-state index in [4.69, 9.17) is 23.4 Å². The standard InChI is InChI=1S/C26H28O9/c1-22(2)17-16(28)18(29)24(4)13(25(17)11-32-15(27)9-14(25)34-22)5-7-23(3)19(12-6-8-31-10-12)33-21(30)20-26(23,24)35-20/h6,8,10,13-14,19-20,28H,5,7,9,11H2,1-4H3/t13-,14+,19+,20-,23+,24+,25-,26+/m1/s1. The van der Waals surface area contributed by atoms with Crippen molar-refractivity contribution < 1.29 is 42.9 Å². The maximum atomic E-state index is 14.3. The number of carbonyl (C=O) groups excluding carboxylic acids is 3. The Bertz CT molecular complexity index is 1230. The highest BCUT2D eigenvalue weighted by molar-refractivity contribution is 6.03. The van der Waals surface area contributed by atoms with Crippen LogP contribution in [0.1, 0.15) is 58.6 Å². The van der Waals surface area contributed by atoms with Gasteiger partial charge < -0.3 is 28.5 Å². The van der Waals surface area contributed by atoms with E-state index >= 15 is 0 Å². The van der Waals surface area contributed by atoms with Crippen LogP contribution < -0.4 is 0 Å². The minimum Gasteiger partial charge on any atom is -0.504 e. The minimum absolute atomic E-state index is 0.0138. The number of esters is 2. The maximum absolute atomic E-state index is 14.3. The number of allylic oxidation sites excluding steroid dienone is 1. The van der Waals surface area contributed by atoms with Crippen molar-refractivity contribution in [2.24, 2.45) is 22.2 Å². The summed E-state index contributed by atoms with van der Waals surface area (Å²) < 4.78 is 29.4. The van der Waals surface area contributed by atoms with E-state index in [2.05, 4.69) is 0 Å². The molecule has 7 rings (SSSR count). The van der Waals surface area contributed by atoms with Gasteiger partial charge in [0.15, 0.2) is 11.9 Å². The predicted molar refractivity (Wildman–Crippen MR) is 116 cm³/mol. The monoisotopic (exact) mass is 484 g/mol. The Hall–Kier alpha value is -2.65. The lowest BCUT2D eigenvalue weighted by Gasteiger charge is -2.63. The Morgan fingerprint density at radius 1 is 1.06 bits per heavy atom. The first-order valence-corrected chi connectivity index (χ1v) is 12.2. The van der Waals surface area contributed by atoms with Crippen LogP contribution in [0.3, 0.4) is 0 Å². The van der Waals surface area contributed by atoms with Gasteiger partial charge in [-0.05, 0) is 45.6 Å². The van der Waals surface area contributed by atoms with Gasteiger partial charge in [0, 0.05) is 16.6 Å². The van der Waals surface area contributed by atoms with Gasteiger partial charge in [-0.2, -0.15) is 0 Å². The van der Waals surface area contributed by atoms with Crippen molar-refractivity contribution in [1.82, 2.24) is 0 Å². The number of hydrogen-bond donors (Lipinski definition) is 1. The summed E-state index contributed by atoms with van der Waals surface area (Å²) in [6, 6.07) is 1.76. The Kier molecular flexibility index (Phi) is 3.71. The molecule has 5 fully saturated rings. The molecule has 0 aromatic carbocycles. The van der Waals surface area contributed by atoms with Gasteiger partial charge in [0.2, 0.25) is 5.78 Å². The van der Waals surface area contributed by atoms with Crippen molar-refractivity contribution in [3.05, 3.63) is 35.5 Å². The number of aliphatic hydroxyl groups is 1. The lowest BCUT2D eigenvalue weighted by molar-refractivity contribution is -0.212. The fourth-order valence-corrected chi connectivity index (χ4v) is 8.96. The van der Waals surface area contributed by atoms with Gasteiger partial charge >= 0.3 is 11.9 Å². The van der Waals surface area contributed by atoms with E-state index in [1.165, 1.54) is 6.26 Å². The third-order valence-corrected chi connectivity index (χ3v) is 10.2. The van der Waals surface area contributed by atoms with Gasteiger partial charge in [-0.15, -0.1) is 0 Å². The highest BCUT2D eigenvalue weighted by Gasteiger charge is 2.90. The summed E-state index contributed by atoms with van der Waals surface area (Å²) >= 11 is 0. The number of epoxide rings is 1. The molecular weight excluding hydrogens is 456 g/mol. The Balaban J connectivity index is 1.47. The molecule has 1 aromatic heterocycles. The average Bonchev–Trinajstić information content (AvgIpc) is 3.26. The number of hydrogen-bond acceptors (Lipinski definition) is 9. The summed E-state index contributed by atoms with van der Waals surface area (Å²) in [5, 5.41) is 11.5. The van der Waals surface area contributed by atoms with Gasteiger partial charge in [0.25, 0.3) is 0 Å². The average molecular weight is 485 g/mol. The normalized spacial score (nSPS) is 49.2. The molecule has 35 heavy (non-hydrogen) atoms. The highest BCUT2D eigenvalue weighted by atomic mass is 16.7. The molecule has 9 heteroatoms. The number of aliphatic hydroxyl groups excluding tert-OH is 1. The number of cyclic esters (lactones) is 2. The molecule has 5 heterocycles. The summed E-state index contributed by atoms with van der Waals surface area (Å²) in [4.78, 5) is 39.7. The van der Waals surface area contributed by atoms with Crippen LogP contribution in [0.15, 0.2) is 34.3 Å². The molecule has 6 aliphatic rings. The molecule has 186 valence electrons.